The average molecular weight is 254 g/mol. The van der Waals surface area contributed by atoms with Gasteiger partial charge in [-0.2, -0.15) is 0 Å². The van der Waals surface area contributed by atoms with Gasteiger partial charge in [-0.25, -0.2) is 0 Å². The molecule has 1 aliphatic carbocycles. The van der Waals surface area contributed by atoms with E-state index >= 15 is 0 Å². The zero-order valence-corrected chi connectivity index (χ0v) is 10.5. The Hall–Kier alpha value is -1.20. The van der Waals surface area contributed by atoms with Crippen LogP contribution >= 0.6 is 0 Å². The first-order valence-electron chi connectivity index (χ1n) is 6.32. The summed E-state index contributed by atoms with van der Waals surface area (Å²) in [6, 6.07) is 0. The minimum Gasteiger partial charge on any atom is -0.466 e. The molecule has 0 aromatic rings. The number of ether oxygens (including phenoxy) is 3. The van der Waals surface area contributed by atoms with E-state index in [9.17, 15) is 9.59 Å². The molecule has 1 aliphatic heterocycles. The molecule has 0 saturated carbocycles. The van der Waals surface area contributed by atoms with E-state index in [1.807, 2.05) is 0 Å². The van der Waals surface area contributed by atoms with Crippen molar-refractivity contribution in [3.05, 3.63) is 12.2 Å². The maximum atomic E-state index is 11.8. The summed E-state index contributed by atoms with van der Waals surface area (Å²) in [5, 5.41) is 0. The van der Waals surface area contributed by atoms with Crippen LogP contribution in [0.5, 0.6) is 0 Å². The van der Waals surface area contributed by atoms with E-state index in [1.54, 1.807) is 13.0 Å². The van der Waals surface area contributed by atoms with E-state index < -0.39 is 5.79 Å². The molecule has 2 rings (SSSR count). The van der Waals surface area contributed by atoms with Gasteiger partial charge in [0.25, 0.3) is 0 Å². The van der Waals surface area contributed by atoms with Gasteiger partial charge in [-0.1, -0.05) is 0 Å². The van der Waals surface area contributed by atoms with Crippen LogP contribution in [0.4, 0.5) is 0 Å². The van der Waals surface area contributed by atoms with Gasteiger partial charge >= 0.3 is 5.97 Å². The number of esters is 1. The van der Waals surface area contributed by atoms with E-state index in [0.717, 1.165) is 0 Å². The van der Waals surface area contributed by atoms with Gasteiger partial charge in [-0.3, -0.25) is 9.59 Å². The molecule has 100 valence electrons. The number of carbonyl (C=O) groups is 2. The molecule has 5 nitrogen and oxygen atoms in total. The van der Waals surface area contributed by atoms with E-state index in [1.165, 1.54) is 6.08 Å². The second kappa shape index (κ2) is 5.63. The maximum absolute atomic E-state index is 11.8. The van der Waals surface area contributed by atoms with E-state index in [0.29, 0.717) is 32.7 Å². The molecular weight excluding hydrogens is 236 g/mol. The topological polar surface area (TPSA) is 61.8 Å². The van der Waals surface area contributed by atoms with Crippen LogP contribution in [-0.2, 0) is 23.8 Å². The molecule has 1 saturated heterocycles. The standard InChI is InChI=1S/C13H18O5/c1-2-16-12(15)4-3-10-9-13(6-5-11(10)14)17-7-8-18-13/h5-6,10H,2-4,7-9H2,1H3. The van der Waals surface area contributed by atoms with Gasteiger partial charge in [0.05, 0.1) is 19.8 Å². The Morgan fingerprint density at radius 3 is 2.89 bits per heavy atom. The van der Waals surface area contributed by atoms with Crippen molar-refractivity contribution in [2.45, 2.75) is 32.0 Å². The van der Waals surface area contributed by atoms with Crippen LogP contribution in [0.2, 0.25) is 0 Å². The van der Waals surface area contributed by atoms with Crippen molar-refractivity contribution in [1.29, 1.82) is 0 Å². The fraction of sp³-hybridized carbons (Fsp3) is 0.692. The van der Waals surface area contributed by atoms with Crippen LogP contribution in [-0.4, -0.2) is 37.4 Å². The molecule has 1 atom stereocenters. The minimum atomic E-state index is -0.743. The molecule has 0 amide bonds. The fourth-order valence-electron chi connectivity index (χ4n) is 2.31. The van der Waals surface area contributed by atoms with E-state index in [2.05, 4.69) is 0 Å². The second-order valence-electron chi connectivity index (χ2n) is 4.49. The summed E-state index contributed by atoms with van der Waals surface area (Å²) in [5.41, 5.74) is 0. The minimum absolute atomic E-state index is 0.0315. The lowest BCUT2D eigenvalue weighted by Gasteiger charge is -2.30. The number of hydrogen-bond donors (Lipinski definition) is 0. The van der Waals surface area contributed by atoms with Gasteiger partial charge in [-0.05, 0) is 25.5 Å². The lowest BCUT2D eigenvalue weighted by atomic mass is 9.85. The highest BCUT2D eigenvalue weighted by Gasteiger charge is 2.41. The highest BCUT2D eigenvalue weighted by molar-refractivity contribution is 5.93. The van der Waals surface area contributed by atoms with E-state index in [4.69, 9.17) is 14.2 Å². The Balaban J connectivity index is 1.90. The SMILES string of the molecule is CCOC(=O)CCC1CC2(C=CC1=O)OCCO2. The highest BCUT2D eigenvalue weighted by Crippen LogP contribution is 2.34. The Bertz CT molecular complexity index is 354. The van der Waals surface area contributed by atoms with Gasteiger partial charge in [0.15, 0.2) is 11.6 Å². The second-order valence-corrected chi connectivity index (χ2v) is 4.49. The Morgan fingerprint density at radius 2 is 2.22 bits per heavy atom. The lowest BCUT2D eigenvalue weighted by molar-refractivity contribution is -0.149. The monoisotopic (exact) mass is 254 g/mol. The molecular formula is C13H18O5. The number of hydrogen-bond acceptors (Lipinski definition) is 5. The van der Waals surface area contributed by atoms with Crippen molar-refractivity contribution in [2.75, 3.05) is 19.8 Å². The van der Waals surface area contributed by atoms with Crippen molar-refractivity contribution in [3.63, 3.8) is 0 Å². The Morgan fingerprint density at radius 1 is 1.50 bits per heavy atom. The molecule has 1 heterocycles. The molecule has 0 radical (unpaired) electrons. The Kier molecular flexibility index (Phi) is 4.14. The summed E-state index contributed by atoms with van der Waals surface area (Å²) in [7, 11) is 0. The normalized spacial score (nSPS) is 25.6. The van der Waals surface area contributed by atoms with Gasteiger partial charge in [0.1, 0.15) is 0 Å². The molecule has 1 unspecified atom stereocenters. The Labute approximate surface area is 106 Å². The van der Waals surface area contributed by atoms with Crippen molar-refractivity contribution < 1.29 is 23.8 Å². The van der Waals surface area contributed by atoms with Crippen molar-refractivity contribution in [3.8, 4) is 0 Å². The number of rotatable bonds is 4. The molecule has 5 heteroatoms. The fourth-order valence-corrected chi connectivity index (χ4v) is 2.31. The number of allylic oxidation sites excluding steroid dienone is 1. The quantitative estimate of drug-likeness (QED) is 0.706. The molecule has 2 aliphatic rings. The first-order valence-corrected chi connectivity index (χ1v) is 6.32. The van der Waals surface area contributed by atoms with Gasteiger partial charge in [0.2, 0.25) is 0 Å². The largest absolute Gasteiger partial charge is 0.466 e. The maximum Gasteiger partial charge on any atom is 0.305 e. The van der Waals surface area contributed by atoms with Crippen LogP contribution < -0.4 is 0 Å². The molecule has 0 aromatic carbocycles. The number of ketones is 1. The molecule has 1 spiro atoms. The predicted octanol–water partition coefficient (Wildman–Crippen LogP) is 1.22. The van der Waals surface area contributed by atoms with Gasteiger partial charge in [0, 0.05) is 18.8 Å². The summed E-state index contributed by atoms with van der Waals surface area (Å²) in [6.45, 7) is 3.22. The smallest absolute Gasteiger partial charge is 0.305 e. The summed E-state index contributed by atoms with van der Waals surface area (Å²) in [4.78, 5) is 23.0. The van der Waals surface area contributed by atoms with Gasteiger partial charge in [-0.15, -0.1) is 0 Å². The van der Waals surface area contributed by atoms with Crippen molar-refractivity contribution >= 4 is 11.8 Å². The molecule has 0 N–H and O–H groups in total. The highest BCUT2D eigenvalue weighted by atomic mass is 16.7. The lowest BCUT2D eigenvalue weighted by Crippen LogP contribution is -2.36. The summed E-state index contributed by atoms with van der Waals surface area (Å²) < 4.78 is 15.9. The first-order chi connectivity index (χ1) is 8.65. The average Bonchev–Trinajstić information content (AvgIpc) is 2.80. The van der Waals surface area contributed by atoms with Crippen molar-refractivity contribution in [2.24, 2.45) is 5.92 Å². The summed E-state index contributed by atoms with van der Waals surface area (Å²) >= 11 is 0. The molecule has 18 heavy (non-hydrogen) atoms. The summed E-state index contributed by atoms with van der Waals surface area (Å²) in [6.07, 6.45) is 4.42. The first kappa shape index (κ1) is 13.2. The number of carbonyl (C=O) groups excluding carboxylic acids is 2. The molecule has 0 bridgehead atoms. The third-order valence-corrected chi connectivity index (χ3v) is 3.21. The van der Waals surface area contributed by atoms with Crippen molar-refractivity contribution in [1.82, 2.24) is 0 Å². The van der Waals surface area contributed by atoms with Crippen LogP contribution in [0, 0.1) is 5.92 Å². The molecule has 1 fully saturated rings. The predicted molar refractivity (Wildman–Crippen MR) is 62.8 cm³/mol. The van der Waals surface area contributed by atoms with Crippen LogP contribution in [0.15, 0.2) is 12.2 Å². The third-order valence-electron chi connectivity index (χ3n) is 3.21. The van der Waals surface area contributed by atoms with E-state index in [-0.39, 0.29) is 24.1 Å². The molecule has 0 aromatic heterocycles. The third kappa shape index (κ3) is 2.97. The zero-order valence-electron chi connectivity index (χ0n) is 10.5. The van der Waals surface area contributed by atoms with Crippen LogP contribution in [0.3, 0.4) is 0 Å². The van der Waals surface area contributed by atoms with Gasteiger partial charge < -0.3 is 14.2 Å². The zero-order chi connectivity index (χ0) is 13.0. The van der Waals surface area contributed by atoms with Crippen LogP contribution in [0.1, 0.15) is 26.2 Å². The summed E-state index contributed by atoms with van der Waals surface area (Å²) in [5.74, 6) is -1.20. The van der Waals surface area contributed by atoms with Crippen LogP contribution in [0.25, 0.3) is 0 Å².